The first-order valence-electron chi connectivity index (χ1n) is 17.5. The van der Waals surface area contributed by atoms with E-state index in [1.54, 1.807) is 0 Å². The standard InChI is InChI=1S/C35H62O8/c1-4-5-6-7-8-9-10-11-19-35(39)20-13-16-31(26-36)42-32(38)24-27(37)23-28-14-12-15-29(41-28)25-30-18-22-40-33(43-30)17-21-34(35,2)3/h17,21,27-31,33,36-37,39H,4-16,18-20,22-26H2,1-3H3/b21-17+/t27-,28+,29-,30+,31-,33+,35+/m1/s1. The normalized spacial score (nSPS) is 35.5. The van der Waals surface area contributed by atoms with Gasteiger partial charge in [0.05, 0.1) is 49.7 Å². The van der Waals surface area contributed by atoms with Crippen LogP contribution in [0.2, 0.25) is 0 Å². The summed E-state index contributed by atoms with van der Waals surface area (Å²) >= 11 is 0. The number of carbonyl (C=O) groups excluding carboxylic acids is 1. The molecule has 7 atom stereocenters. The highest BCUT2D eigenvalue weighted by atomic mass is 16.7. The summed E-state index contributed by atoms with van der Waals surface area (Å²) in [5.74, 6) is -0.507. The molecule has 8 nitrogen and oxygen atoms in total. The maximum absolute atomic E-state index is 12.6. The minimum Gasteiger partial charge on any atom is -0.460 e. The van der Waals surface area contributed by atoms with Gasteiger partial charge in [0.15, 0.2) is 6.29 Å². The van der Waals surface area contributed by atoms with Crippen LogP contribution in [0.25, 0.3) is 0 Å². The van der Waals surface area contributed by atoms with Crippen LogP contribution in [-0.2, 0) is 23.7 Å². The number of carbonyl (C=O) groups is 1. The third-order valence-corrected chi connectivity index (χ3v) is 9.88. The summed E-state index contributed by atoms with van der Waals surface area (Å²) in [4.78, 5) is 12.6. The molecule has 8 heteroatoms. The Balaban J connectivity index is 1.71. The lowest BCUT2D eigenvalue weighted by atomic mass is 9.69. The van der Waals surface area contributed by atoms with Crippen molar-refractivity contribution in [2.24, 2.45) is 5.41 Å². The number of aliphatic hydroxyl groups is 3. The van der Waals surface area contributed by atoms with Gasteiger partial charge in [0, 0.05) is 11.8 Å². The first-order chi connectivity index (χ1) is 20.6. The van der Waals surface area contributed by atoms with E-state index >= 15 is 0 Å². The third-order valence-electron chi connectivity index (χ3n) is 9.88. The number of esters is 1. The number of fused-ring (bicyclic) bond motifs is 4. The van der Waals surface area contributed by atoms with Crippen molar-refractivity contribution in [1.82, 2.24) is 0 Å². The van der Waals surface area contributed by atoms with Crippen molar-refractivity contribution in [1.29, 1.82) is 0 Å². The van der Waals surface area contributed by atoms with Crippen LogP contribution in [0.5, 0.6) is 0 Å². The number of hydrogen-bond donors (Lipinski definition) is 3. The van der Waals surface area contributed by atoms with E-state index in [2.05, 4.69) is 26.8 Å². The third kappa shape index (κ3) is 12.7. The van der Waals surface area contributed by atoms with Crippen LogP contribution >= 0.6 is 0 Å². The summed E-state index contributed by atoms with van der Waals surface area (Å²) in [6.07, 6.45) is 18.5. The zero-order valence-electron chi connectivity index (χ0n) is 27.4. The molecular weight excluding hydrogens is 548 g/mol. The summed E-state index contributed by atoms with van der Waals surface area (Å²) < 4.78 is 24.2. The van der Waals surface area contributed by atoms with Gasteiger partial charge in [0.1, 0.15) is 6.10 Å². The Morgan fingerprint density at radius 2 is 1.56 bits per heavy atom. The van der Waals surface area contributed by atoms with Crippen molar-refractivity contribution >= 4 is 5.97 Å². The molecule has 0 aromatic heterocycles. The first kappa shape index (κ1) is 36.4. The number of hydrogen-bond acceptors (Lipinski definition) is 8. The Bertz CT molecular complexity index is 816. The van der Waals surface area contributed by atoms with Gasteiger partial charge >= 0.3 is 5.97 Å². The van der Waals surface area contributed by atoms with E-state index < -0.39 is 35.5 Å². The van der Waals surface area contributed by atoms with Crippen LogP contribution in [-0.4, -0.2) is 76.9 Å². The molecule has 0 aromatic carbocycles. The fraction of sp³-hybridized carbons (Fsp3) is 0.914. The van der Waals surface area contributed by atoms with E-state index in [0.29, 0.717) is 38.7 Å². The fourth-order valence-corrected chi connectivity index (χ4v) is 6.93. The van der Waals surface area contributed by atoms with Crippen molar-refractivity contribution in [3.05, 3.63) is 12.2 Å². The average Bonchev–Trinajstić information content (AvgIpc) is 2.96. The lowest BCUT2D eigenvalue weighted by Crippen LogP contribution is -2.44. The minimum atomic E-state index is -0.980. The molecule has 3 heterocycles. The molecule has 43 heavy (non-hydrogen) atoms. The van der Waals surface area contributed by atoms with Crippen LogP contribution in [0.3, 0.4) is 0 Å². The zero-order valence-corrected chi connectivity index (χ0v) is 27.4. The van der Waals surface area contributed by atoms with Crippen LogP contribution in [0.1, 0.15) is 143 Å². The van der Waals surface area contributed by atoms with Crippen molar-refractivity contribution in [2.45, 2.75) is 185 Å². The van der Waals surface area contributed by atoms with Crippen molar-refractivity contribution < 1.29 is 39.1 Å². The zero-order chi connectivity index (χ0) is 31.1. The van der Waals surface area contributed by atoms with Gasteiger partial charge in [-0.3, -0.25) is 4.79 Å². The lowest BCUT2D eigenvalue weighted by molar-refractivity contribution is -0.199. The van der Waals surface area contributed by atoms with E-state index in [1.165, 1.54) is 38.5 Å². The Hall–Kier alpha value is -1.03. The summed E-state index contributed by atoms with van der Waals surface area (Å²) in [6, 6.07) is 0. The van der Waals surface area contributed by atoms with Gasteiger partial charge in [-0.05, 0) is 63.9 Å². The van der Waals surface area contributed by atoms with E-state index in [9.17, 15) is 20.1 Å². The minimum absolute atomic E-state index is 0.0207. The molecule has 4 bridgehead atoms. The molecule has 3 aliphatic rings. The molecule has 0 spiro atoms. The number of rotatable bonds is 10. The van der Waals surface area contributed by atoms with Gasteiger partial charge in [0.25, 0.3) is 0 Å². The molecule has 0 radical (unpaired) electrons. The Morgan fingerprint density at radius 3 is 2.28 bits per heavy atom. The molecule has 3 N–H and O–H groups in total. The maximum Gasteiger partial charge on any atom is 0.308 e. The average molecular weight is 611 g/mol. The van der Waals surface area contributed by atoms with Gasteiger partial charge in [-0.25, -0.2) is 0 Å². The Morgan fingerprint density at radius 1 is 0.884 bits per heavy atom. The van der Waals surface area contributed by atoms with Crippen LogP contribution < -0.4 is 0 Å². The highest BCUT2D eigenvalue weighted by molar-refractivity contribution is 5.70. The highest BCUT2D eigenvalue weighted by Crippen LogP contribution is 2.41. The van der Waals surface area contributed by atoms with Crippen molar-refractivity contribution in [3.8, 4) is 0 Å². The second-order valence-corrected chi connectivity index (χ2v) is 14.0. The lowest BCUT2D eigenvalue weighted by Gasteiger charge is -2.42. The molecule has 0 aromatic rings. The Labute approximate surface area is 260 Å². The molecule has 0 saturated carbocycles. The predicted octanol–water partition coefficient (Wildman–Crippen LogP) is 6.52. The molecular formula is C35H62O8. The molecule has 2 saturated heterocycles. The largest absolute Gasteiger partial charge is 0.460 e. The molecule has 3 aliphatic heterocycles. The van der Waals surface area contributed by atoms with Gasteiger partial charge in [-0.1, -0.05) is 78.2 Å². The van der Waals surface area contributed by atoms with Gasteiger partial charge in [-0.15, -0.1) is 0 Å². The first-order valence-corrected chi connectivity index (χ1v) is 17.5. The van der Waals surface area contributed by atoms with E-state index in [0.717, 1.165) is 44.9 Å². The molecule has 250 valence electrons. The quantitative estimate of drug-likeness (QED) is 0.146. The molecule has 2 fully saturated rings. The highest BCUT2D eigenvalue weighted by Gasteiger charge is 2.41. The van der Waals surface area contributed by atoms with E-state index in [1.807, 2.05) is 6.08 Å². The van der Waals surface area contributed by atoms with E-state index in [4.69, 9.17) is 18.9 Å². The monoisotopic (exact) mass is 610 g/mol. The summed E-state index contributed by atoms with van der Waals surface area (Å²) in [6.45, 7) is 6.70. The van der Waals surface area contributed by atoms with Crippen LogP contribution in [0.15, 0.2) is 12.2 Å². The van der Waals surface area contributed by atoms with Crippen LogP contribution in [0, 0.1) is 5.41 Å². The SMILES string of the molecule is CCCCCCCCCC[C@]1(O)CCC[C@H](CO)OC(=O)C[C@H](O)C[C@@H]2CCC[C@H](C[C@@H]3CCO[C@H](/C=C/C1(C)C)O3)O2. The smallest absolute Gasteiger partial charge is 0.308 e. The molecule has 3 rings (SSSR count). The van der Waals surface area contributed by atoms with Crippen LogP contribution in [0.4, 0.5) is 0 Å². The van der Waals surface area contributed by atoms with Gasteiger partial charge in [-0.2, -0.15) is 0 Å². The van der Waals surface area contributed by atoms with Crippen molar-refractivity contribution in [3.63, 3.8) is 0 Å². The number of ether oxygens (including phenoxy) is 4. The Kier molecular flexibility index (Phi) is 16.0. The number of aliphatic hydroxyl groups excluding tert-OH is 2. The fourth-order valence-electron chi connectivity index (χ4n) is 6.93. The predicted molar refractivity (Wildman–Crippen MR) is 168 cm³/mol. The van der Waals surface area contributed by atoms with Crippen molar-refractivity contribution in [2.75, 3.05) is 13.2 Å². The van der Waals surface area contributed by atoms with Gasteiger partial charge in [0.2, 0.25) is 0 Å². The second-order valence-electron chi connectivity index (χ2n) is 14.0. The number of unbranched alkanes of at least 4 members (excludes halogenated alkanes) is 7. The molecule has 0 unspecified atom stereocenters. The summed E-state index contributed by atoms with van der Waals surface area (Å²) in [5.41, 5.74) is -1.53. The molecule has 0 amide bonds. The topological polar surface area (TPSA) is 115 Å². The summed E-state index contributed by atoms with van der Waals surface area (Å²) in [5, 5.41) is 32.7. The van der Waals surface area contributed by atoms with E-state index in [-0.39, 0.29) is 31.3 Å². The van der Waals surface area contributed by atoms with Gasteiger partial charge < -0.3 is 34.3 Å². The maximum atomic E-state index is 12.6. The number of cyclic esters (lactones) is 1. The summed E-state index contributed by atoms with van der Waals surface area (Å²) in [7, 11) is 0. The second kappa shape index (κ2) is 18.8. The molecule has 0 aliphatic carbocycles.